The van der Waals surface area contributed by atoms with Crippen molar-refractivity contribution in [2.45, 2.75) is 18.7 Å². The summed E-state index contributed by atoms with van der Waals surface area (Å²) >= 11 is 5.94. The number of rotatable bonds is 7. The molecule has 0 heterocycles. The number of amides is 1. The first kappa shape index (κ1) is 18.7. The first-order valence-electron chi connectivity index (χ1n) is 6.75. The molecule has 1 amide bonds. The molecule has 6 nitrogen and oxygen atoms in total. The van der Waals surface area contributed by atoms with Crippen LogP contribution in [0.15, 0.2) is 23.1 Å². The van der Waals surface area contributed by atoms with Crippen LogP contribution in [0.25, 0.3) is 0 Å². The number of hydrogen-bond donors (Lipinski definition) is 1. The van der Waals surface area contributed by atoms with Gasteiger partial charge >= 0.3 is 0 Å². The van der Waals surface area contributed by atoms with E-state index in [9.17, 15) is 13.2 Å². The van der Waals surface area contributed by atoms with Gasteiger partial charge in [-0.2, -0.15) is 4.31 Å². The average Bonchev–Trinajstić information content (AvgIpc) is 2.44. The highest BCUT2D eigenvalue weighted by molar-refractivity contribution is 7.89. The second-order valence-corrected chi connectivity index (χ2v) is 7.71. The van der Waals surface area contributed by atoms with Crippen molar-refractivity contribution in [3.05, 3.63) is 23.2 Å². The number of sulfonamides is 1. The van der Waals surface area contributed by atoms with Crippen LogP contribution in [0.1, 0.15) is 13.8 Å². The van der Waals surface area contributed by atoms with Crippen molar-refractivity contribution in [3.63, 3.8) is 0 Å². The Hall–Kier alpha value is -1.31. The van der Waals surface area contributed by atoms with Gasteiger partial charge in [0, 0.05) is 13.6 Å². The fourth-order valence-electron chi connectivity index (χ4n) is 1.65. The molecule has 0 aliphatic carbocycles. The highest BCUT2D eigenvalue weighted by Crippen LogP contribution is 2.27. The summed E-state index contributed by atoms with van der Waals surface area (Å²) in [6.07, 6.45) is 0. The molecular weight excluding hydrogens is 328 g/mol. The molecule has 0 saturated heterocycles. The fourth-order valence-corrected chi connectivity index (χ4v) is 3.12. The molecule has 0 aliphatic heterocycles. The smallest absolute Gasteiger partial charge is 0.243 e. The van der Waals surface area contributed by atoms with E-state index < -0.39 is 10.0 Å². The Labute approximate surface area is 136 Å². The Morgan fingerprint density at radius 2 is 2.05 bits per heavy atom. The topological polar surface area (TPSA) is 75.7 Å². The quantitative estimate of drug-likeness (QED) is 0.814. The monoisotopic (exact) mass is 348 g/mol. The first-order valence-corrected chi connectivity index (χ1v) is 8.57. The number of methoxy groups -OCH3 is 1. The Morgan fingerprint density at radius 3 is 2.55 bits per heavy atom. The maximum atomic E-state index is 12.4. The summed E-state index contributed by atoms with van der Waals surface area (Å²) in [5, 5.41) is 2.87. The molecule has 1 aromatic rings. The number of carbonyl (C=O) groups is 1. The molecule has 0 radical (unpaired) electrons. The summed E-state index contributed by atoms with van der Waals surface area (Å²) in [7, 11) is -0.993. The zero-order chi connectivity index (χ0) is 16.9. The standard InChI is InChI=1S/C14H21ClN2O4S/c1-10(2)8-16-14(18)9-17(3)22(19,20)11-5-6-13(21-4)12(15)7-11/h5-7,10H,8-9H2,1-4H3,(H,16,18). The van der Waals surface area contributed by atoms with Crippen molar-refractivity contribution in [1.29, 1.82) is 0 Å². The van der Waals surface area contributed by atoms with E-state index in [2.05, 4.69) is 5.32 Å². The van der Waals surface area contributed by atoms with Crippen molar-refractivity contribution in [1.82, 2.24) is 9.62 Å². The largest absolute Gasteiger partial charge is 0.495 e. The molecular formula is C14H21ClN2O4S. The van der Waals surface area contributed by atoms with Gasteiger partial charge in [-0.3, -0.25) is 4.79 Å². The molecule has 0 saturated carbocycles. The van der Waals surface area contributed by atoms with Gasteiger partial charge in [0.15, 0.2) is 0 Å². The Kier molecular flexibility index (Phi) is 6.65. The van der Waals surface area contributed by atoms with Crippen LogP contribution in [0, 0.1) is 5.92 Å². The summed E-state index contributed by atoms with van der Waals surface area (Å²) < 4.78 is 30.8. The number of nitrogens with one attached hydrogen (secondary N) is 1. The molecule has 22 heavy (non-hydrogen) atoms. The van der Waals surface area contributed by atoms with Gasteiger partial charge in [0.1, 0.15) is 5.75 Å². The van der Waals surface area contributed by atoms with Crippen LogP contribution in [-0.4, -0.2) is 45.9 Å². The van der Waals surface area contributed by atoms with Gasteiger partial charge in [0.2, 0.25) is 15.9 Å². The summed E-state index contributed by atoms with van der Waals surface area (Å²) in [6, 6.07) is 4.17. The summed E-state index contributed by atoms with van der Waals surface area (Å²) in [5.41, 5.74) is 0. The van der Waals surface area contributed by atoms with Gasteiger partial charge in [-0.05, 0) is 24.1 Å². The van der Waals surface area contributed by atoms with E-state index in [4.69, 9.17) is 16.3 Å². The molecule has 0 aromatic heterocycles. The van der Waals surface area contributed by atoms with E-state index in [1.807, 2.05) is 13.8 Å². The average molecular weight is 349 g/mol. The number of halogens is 1. The van der Waals surface area contributed by atoms with Gasteiger partial charge in [-0.25, -0.2) is 8.42 Å². The Balaban J connectivity index is 2.85. The van der Waals surface area contributed by atoms with Gasteiger partial charge in [-0.15, -0.1) is 0 Å². The zero-order valence-electron chi connectivity index (χ0n) is 13.1. The fraction of sp³-hybridized carbons (Fsp3) is 0.500. The molecule has 0 bridgehead atoms. The van der Waals surface area contributed by atoms with Crippen LogP contribution in [0.5, 0.6) is 5.75 Å². The number of ether oxygens (including phenoxy) is 1. The lowest BCUT2D eigenvalue weighted by Crippen LogP contribution is -2.39. The summed E-state index contributed by atoms with van der Waals surface area (Å²) in [6.45, 7) is 4.17. The van der Waals surface area contributed by atoms with E-state index in [0.29, 0.717) is 18.2 Å². The number of likely N-dealkylation sites (N-methyl/N-ethyl adjacent to an activating group) is 1. The van der Waals surface area contributed by atoms with Crippen LogP contribution in [0.4, 0.5) is 0 Å². The minimum Gasteiger partial charge on any atom is -0.495 e. The maximum Gasteiger partial charge on any atom is 0.243 e. The van der Waals surface area contributed by atoms with Gasteiger partial charge in [-0.1, -0.05) is 25.4 Å². The van der Waals surface area contributed by atoms with Gasteiger partial charge in [0.25, 0.3) is 0 Å². The Morgan fingerprint density at radius 1 is 1.41 bits per heavy atom. The third-order valence-electron chi connectivity index (χ3n) is 2.91. The van der Waals surface area contributed by atoms with E-state index >= 15 is 0 Å². The molecule has 1 rings (SSSR count). The van der Waals surface area contributed by atoms with Crippen molar-refractivity contribution in [2.24, 2.45) is 5.92 Å². The predicted octanol–water partition coefficient (Wildman–Crippen LogP) is 1.74. The number of carbonyl (C=O) groups excluding carboxylic acids is 1. The Bertz CT molecular complexity index is 632. The molecule has 1 aromatic carbocycles. The third kappa shape index (κ3) is 4.86. The van der Waals surface area contributed by atoms with Crippen LogP contribution < -0.4 is 10.1 Å². The first-order chi connectivity index (χ1) is 10.2. The second-order valence-electron chi connectivity index (χ2n) is 5.26. The maximum absolute atomic E-state index is 12.4. The molecule has 8 heteroatoms. The highest BCUT2D eigenvalue weighted by atomic mass is 35.5. The molecule has 0 fully saturated rings. The van der Waals surface area contributed by atoms with Crippen LogP contribution in [-0.2, 0) is 14.8 Å². The summed E-state index contributed by atoms with van der Waals surface area (Å²) in [4.78, 5) is 11.8. The zero-order valence-corrected chi connectivity index (χ0v) is 14.7. The lowest BCUT2D eigenvalue weighted by atomic mass is 10.2. The minimum atomic E-state index is -3.79. The van der Waals surface area contributed by atoms with E-state index in [1.165, 1.54) is 32.4 Å². The lowest BCUT2D eigenvalue weighted by molar-refractivity contribution is -0.121. The van der Waals surface area contributed by atoms with E-state index in [0.717, 1.165) is 4.31 Å². The van der Waals surface area contributed by atoms with E-state index in [1.54, 1.807) is 0 Å². The van der Waals surface area contributed by atoms with Crippen molar-refractivity contribution in [2.75, 3.05) is 27.2 Å². The minimum absolute atomic E-state index is 0.0115. The second kappa shape index (κ2) is 7.80. The molecule has 1 N–H and O–H groups in total. The number of benzene rings is 1. The number of nitrogens with zero attached hydrogens (tertiary/aromatic N) is 1. The molecule has 124 valence electrons. The number of hydrogen-bond acceptors (Lipinski definition) is 4. The predicted molar refractivity (Wildman–Crippen MR) is 85.7 cm³/mol. The molecule has 0 aliphatic rings. The van der Waals surface area contributed by atoms with Crippen molar-refractivity contribution >= 4 is 27.5 Å². The van der Waals surface area contributed by atoms with E-state index in [-0.39, 0.29) is 22.4 Å². The molecule has 0 atom stereocenters. The molecule has 0 unspecified atom stereocenters. The summed E-state index contributed by atoms with van der Waals surface area (Å²) in [5.74, 6) is 0.337. The van der Waals surface area contributed by atoms with Gasteiger partial charge in [0.05, 0.1) is 23.6 Å². The third-order valence-corrected chi connectivity index (χ3v) is 5.00. The van der Waals surface area contributed by atoms with Crippen LogP contribution in [0.3, 0.4) is 0 Å². The van der Waals surface area contributed by atoms with Gasteiger partial charge < -0.3 is 10.1 Å². The molecule has 0 spiro atoms. The van der Waals surface area contributed by atoms with Crippen LogP contribution >= 0.6 is 11.6 Å². The van der Waals surface area contributed by atoms with Crippen molar-refractivity contribution in [3.8, 4) is 5.75 Å². The van der Waals surface area contributed by atoms with Crippen molar-refractivity contribution < 1.29 is 17.9 Å². The van der Waals surface area contributed by atoms with Crippen LogP contribution in [0.2, 0.25) is 5.02 Å². The lowest BCUT2D eigenvalue weighted by Gasteiger charge is -2.18. The highest BCUT2D eigenvalue weighted by Gasteiger charge is 2.23. The normalized spacial score (nSPS) is 11.8. The SMILES string of the molecule is COc1ccc(S(=O)(=O)N(C)CC(=O)NCC(C)C)cc1Cl.